The highest BCUT2D eigenvalue weighted by atomic mass is 32.1. The molecule has 1 aromatic carbocycles. The van der Waals surface area contributed by atoms with Crippen molar-refractivity contribution in [1.29, 1.82) is 0 Å². The number of carbonyl (C=O) groups excluding carboxylic acids is 2. The maximum absolute atomic E-state index is 13.2. The van der Waals surface area contributed by atoms with E-state index in [-0.39, 0.29) is 23.8 Å². The highest BCUT2D eigenvalue weighted by Crippen LogP contribution is 2.30. The van der Waals surface area contributed by atoms with Gasteiger partial charge in [-0.25, -0.2) is 14.2 Å². The molecule has 4 rings (SSSR count). The first kappa shape index (κ1) is 19.8. The zero-order valence-corrected chi connectivity index (χ0v) is 17.7. The summed E-state index contributed by atoms with van der Waals surface area (Å²) in [5.74, 6) is 0.0827. The third kappa shape index (κ3) is 3.85. The molecule has 0 aliphatic carbocycles. The quantitative estimate of drug-likeness (QED) is 0.767. The highest BCUT2D eigenvalue weighted by Gasteiger charge is 2.42. The number of hydrogen-bond donors (Lipinski definition) is 0. The van der Waals surface area contributed by atoms with Gasteiger partial charge in [-0.15, -0.1) is 11.3 Å². The minimum Gasteiger partial charge on any atom is -0.334 e. The average molecular weight is 417 g/mol. The van der Waals surface area contributed by atoms with Gasteiger partial charge in [0.05, 0.1) is 11.7 Å². The lowest BCUT2D eigenvalue weighted by atomic mass is 10.1. The molecule has 29 heavy (non-hydrogen) atoms. The van der Waals surface area contributed by atoms with Gasteiger partial charge in [0.1, 0.15) is 15.7 Å². The van der Waals surface area contributed by atoms with Crippen LogP contribution >= 0.6 is 11.3 Å². The number of rotatable bonds is 4. The van der Waals surface area contributed by atoms with E-state index in [4.69, 9.17) is 0 Å². The van der Waals surface area contributed by atoms with Crippen molar-refractivity contribution in [2.24, 2.45) is 5.92 Å². The fourth-order valence-electron chi connectivity index (χ4n) is 4.01. The van der Waals surface area contributed by atoms with Crippen molar-refractivity contribution in [1.82, 2.24) is 19.7 Å². The Morgan fingerprint density at radius 2 is 1.97 bits per heavy atom. The molecule has 2 fully saturated rings. The first-order chi connectivity index (χ1) is 13.8. The lowest BCUT2D eigenvalue weighted by Gasteiger charge is -2.36. The molecule has 154 valence electrons. The van der Waals surface area contributed by atoms with Gasteiger partial charge in [0, 0.05) is 38.3 Å². The van der Waals surface area contributed by atoms with Crippen LogP contribution in [0.5, 0.6) is 0 Å². The molecule has 0 spiro atoms. The first-order valence-electron chi connectivity index (χ1n) is 9.91. The van der Waals surface area contributed by atoms with Crippen LogP contribution in [0.2, 0.25) is 0 Å². The maximum atomic E-state index is 13.2. The zero-order valence-electron chi connectivity index (χ0n) is 16.9. The molecule has 1 unspecified atom stereocenters. The number of carbonyl (C=O) groups is 2. The van der Waals surface area contributed by atoms with E-state index in [0.29, 0.717) is 47.7 Å². The minimum atomic E-state index is -0.297. The monoisotopic (exact) mass is 416 g/mol. The van der Waals surface area contributed by atoms with E-state index in [1.165, 1.54) is 23.5 Å². The summed E-state index contributed by atoms with van der Waals surface area (Å²) in [4.78, 5) is 36.5. The number of aromatic nitrogens is 1. The molecular weight excluding hydrogens is 391 g/mol. The second-order valence-electron chi connectivity index (χ2n) is 8.12. The molecule has 3 heterocycles. The summed E-state index contributed by atoms with van der Waals surface area (Å²) in [7, 11) is 0. The number of aryl methyl sites for hydroxylation is 1. The topological polar surface area (TPSA) is 56.8 Å². The van der Waals surface area contributed by atoms with Crippen molar-refractivity contribution in [2.75, 3.05) is 32.7 Å². The van der Waals surface area contributed by atoms with E-state index in [9.17, 15) is 14.0 Å². The average Bonchev–Trinajstić information content (AvgIpc) is 3.21. The van der Waals surface area contributed by atoms with Crippen LogP contribution in [0.3, 0.4) is 0 Å². The standard InChI is InChI=1S/C21H25FN4O2S/c1-13(2)10-25-12-17-11-24(8-9-26(17)21(25)28)20(27)18-14(3)23-19(29-18)15-4-6-16(22)7-5-15/h4-7,13,17H,8-12H2,1-3H3. The van der Waals surface area contributed by atoms with Gasteiger partial charge in [0.25, 0.3) is 5.91 Å². The molecule has 1 aromatic heterocycles. The lowest BCUT2D eigenvalue weighted by molar-refractivity contribution is 0.0620. The molecule has 0 N–H and O–H groups in total. The highest BCUT2D eigenvalue weighted by molar-refractivity contribution is 7.17. The van der Waals surface area contributed by atoms with Crippen LogP contribution in [-0.4, -0.2) is 70.4 Å². The van der Waals surface area contributed by atoms with Crippen molar-refractivity contribution in [3.05, 3.63) is 40.7 Å². The van der Waals surface area contributed by atoms with Crippen LogP contribution in [0.4, 0.5) is 9.18 Å². The fourth-order valence-corrected chi connectivity index (χ4v) is 5.05. The lowest BCUT2D eigenvalue weighted by Crippen LogP contribution is -2.53. The summed E-state index contributed by atoms with van der Waals surface area (Å²) in [6.45, 7) is 9.08. The summed E-state index contributed by atoms with van der Waals surface area (Å²) in [5, 5.41) is 0.712. The van der Waals surface area contributed by atoms with Gasteiger partial charge in [-0.2, -0.15) is 0 Å². The van der Waals surface area contributed by atoms with E-state index in [1.807, 2.05) is 21.6 Å². The Kier molecular flexibility index (Phi) is 5.29. The molecule has 0 radical (unpaired) electrons. The molecular formula is C21H25FN4O2S. The SMILES string of the molecule is Cc1nc(-c2ccc(F)cc2)sc1C(=O)N1CCN2C(=O)N(CC(C)C)CC2C1. The van der Waals surface area contributed by atoms with Gasteiger partial charge in [-0.05, 0) is 37.1 Å². The van der Waals surface area contributed by atoms with Gasteiger partial charge in [-0.3, -0.25) is 4.79 Å². The maximum Gasteiger partial charge on any atom is 0.320 e. The Morgan fingerprint density at radius 1 is 1.24 bits per heavy atom. The van der Waals surface area contributed by atoms with Gasteiger partial charge in [-0.1, -0.05) is 13.8 Å². The second-order valence-corrected chi connectivity index (χ2v) is 9.12. The van der Waals surface area contributed by atoms with Crippen LogP contribution < -0.4 is 0 Å². The minimum absolute atomic E-state index is 0.0391. The molecule has 8 heteroatoms. The Morgan fingerprint density at radius 3 is 2.66 bits per heavy atom. The Bertz CT molecular complexity index is 927. The summed E-state index contributed by atoms with van der Waals surface area (Å²) in [5.41, 5.74) is 1.49. The molecule has 3 amide bonds. The summed E-state index contributed by atoms with van der Waals surface area (Å²) in [6.07, 6.45) is 0. The molecule has 0 saturated carbocycles. The second kappa shape index (κ2) is 7.74. The third-order valence-electron chi connectivity index (χ3n) is 5.38. The Hall–Kier alpha value is -2.48. The number of amides is 3. The van der Waals surface area contributed by atoms with Gasteiger partial charge < -0.3 is 14.7 Å². The number of piperazine rings is 1. The summed E-state index contributed by atoms with van der Waals surface area (Å²) in [6, 6.07) is 6.27. The van der Waals surface area contributed by atoms with E-state index in [2.05, 4.69) is 18.8 Å². The molecule has 2 aromatic rings. The Labute approximate surface area is 173 Å². The third-order valence-corrected chi connectivity index (χ3v) is 6.58. The zero-order chi connectivity index (χ0) is 20.7. The largest absolute Gasteiger partial charge is 0.334 e. The van der Waals surface area contributed by atoms with Gasteiger partial charge >= 0.3 is 6.03 Å². The predicted octanol–water partition coefficient (Wildman–Crippen LogP) is 3.48. The van der Waals surface area contributed by atoms with Crippen LogP contribution in [0.15, 0.2) is 24.3 Å². The molecule has 2 aliphatic rings. The van der Waals surface area contributed by atoms with E-state index < -0.39 is 0 Å². The van der Waals surface area contributed by atoms with E-state index in [0.717, 1.165) is 12.1 Å². The number of fused-ring (bicyclic) bond motifs is 1. The number of hydrogen-bond acceptors (Lipinski definition) is 4. The van der Waals surface area contributed by atoms with Gasteiger partial charge in [0.15, 0.2) is 0 Å². The molecule has 6 nitrogen and oxygen atoms in total. The number of nitrogens with zero attached hydrogens (tertiary/aromatic N) is 4. The number of benzene rings is 1. The van der Waals surface area contributed by atoms with Crippen molar-refractivity contribution >= 4 is 23.3 Å². The van der Waals surface area contributed by atoms with Crippen LogP contribution in [0.1, 0.15) is 29.2 Å². The molecule has 2 saturated heterocycles. The first-order valence-corrected chi connectivity index (χ1v) is 10.7. The van der Waals surface area contributed by atoms with Crippen LogP contribution in [-0.2, 0) is 0 Å². The van der Waals surface area contributed by atoms with Crippen molar-refractivity contribution in [3.63, 3.8) is 0 Å². The summed E-state index contributed by atoms with van der Waals surface area (Å²) < 4.78 is 13.2. The predicted molar refractivity (Wildman–Crippen MR) is 110 cm³/mol. The normalized spacial score (nSPS) is 19.3. The number of halogens is 1. The molecule has 1 atom stereocenters. The number of thiazole rings is 1. The number of urea groups is 1. The van der Waals surface area contributed by atoms with Gasteiger partial charge in [0.2, 0.25) is 0 Å². The van der Waals surface area contributed by atoms with Crippen LogP contribution in [0.25, 0.3) is 10.6 Å². The van der Waals surface area contributed by atoms with Crippen molar-refractivity contribution < 1.29 is 14.0 Å². The summed E-state index contributed by atoms with van der Waals surface area (Å²) >= 11 is 1.34. The molecule has 0 bridgehead atoms. The van der Waals surface area contributed by atoms with E-state index >= 15 is 0 Å². The smallest absolute Gasteiger partial charge is 0.320 e. The van der Waals surface area contributed by atoms with E-state index in [1.54, 1.807) is 12.1 Å². The van der Waals surface area contributed by atoms with Crippen molar-refractivity contribution in [3.8, 4) is 10.6 Å². The Balaban J connectivity index is 1.48. The fraction of sp³-hybridized carbons (Fsp3) is 0.476. The van der Waals surface area contributed by atoms with Crippen molar-refractivity contribution in [2.45, 2.75) is 26.8 Å². The van der Waals surface area contributed by atoms with Crippen LogP contribution in [0, 0.1) is 18.7 Å². The molecule has 2 aliphatic heterocycles.